The molecule has 3 N–H and O–H groups in total. The third-order valence-corrected chi connectivity index (χ3v) is 3.09. The van der Waals surface area contributed by atoms with Gasteiger partial charge in [0.25, 0.3) is 0 Å². The Morgan fingerprint density at radius 3 is 2.75 bits per heavy atom. The van der Waals surface area contributed by atoms with Gasteiger partial charge in [-0.25, -0.2) is 0 Å². The lowest BCUT2D eigenvalue weighted by Gasteiger charge is -2.30. The fourth-order valence-electron chi connectivity index (χ4n) is 1.89. The van der Waals surface area contributed by atoms with Crippen molar-refractivity contribution in [1.29, 1.82) is 0 Å². The average molecular weight is 171 g/mol. The first-order valence-electron chi connectivity index (χ1n) is 4.80. The molecule has 1 unspecified atom stereocenters. The number of likely N-dealkylation sites (tertiary alicyclic amines) is 1. The summed E-state index contributed by atoms with van der Waals surface area (Å²) < 4.78 is 0. The first kappa shape index (κ1) is 9.96. The number of rotatable bonds is 2. The van der Waals surface area contributed by atoms with E-state index in [1.807, 2.05) is 7.05 Å². The highest BCUT2D eigenvalue weighted by atomic mass is 15.1. The molecule has 0 radical (unpaired) electrons. The normalized spacial score (nSPS) is 33.2. The molecule has 1 aliphatic heterocycles. The Hall–Kier alpha value is -0.120. The second kappa shape index (κ2) is 4.21. The molecule has 3 nitrogen and oxygen atoms in total. The van der Waals surface area contributed by atoms with Gasteiger partial charge < -0.3 is 16.0 Å². The topological polar surface area (TPSA) is 41.3 Å². The maximum Gasteiger partial charge on any atom is 0.0313 e. The molecular formula is C9H21N3. The molecule has 0 aromatic carbocycles. The Morgan fingerprint density at radius 1 is 1.42 bits per heavy atom. The maximum absolute atomic E-state index is 5.78. The minimum absolute atomic E-state index is 0.213. The molecule has 1 fully saturated rings. The Balaban J connectivity index is 2.52. The summed E-state index contributed by atoms with van der Waals surface area (Å²) in [5.74, 6) is 0. The van der Waals surface area contributed by atoms with Crippen LogP contribution in [0.2, 0.25) is 0 Å². The quantitative estimate of drug-likeness (QED) is 0.615. The van der Waals surface area contributed by atoms with E-state index in [0.29, 0.717) is 0 Å². The molecule has 1 saturated heterocycles. The Bertz CT molecular complexity index is 132. The van der Waals surface area contributed by atoms with Crippen LogP contribution in [-0.4, -0.2) is 44.2 Å². The zero-order valence-electron chi connectivity index (χ0n) is 8.27. The van der Waals surface area contributed by atoms with Gasteiger partial charge in [0.2, 0.25) is 0 Å². The predicted molar refractivity (Wildman–Crippen MR) is 52.2 cm³/mol. The fraction of sp³-hybridized carbons (Fsp3) is 1.00. The summed E-state index contributed by atoms with van der Waals surface area (Å²) in [6, 6.07) is 0. The second-order valence-corrected chi connectivity index (χ2v) is 3.89. The number of nitrogens with zero attached hydrogens (tertiary/aromatic N) is 1. The molecule has 12 heavy (non-hydrogen) atoms. The first-order chi connectivity index (χ1) is 5.72. The second-order valence-electron chi connectivity index (χ2n) is 3.89. The summed E-state index contributed by atoms with van der Waals surface area (Å²) >= 11 is 0. The van der Waals surface area contributed by atoms with Gasteiger partial charge in [0, 0.05) is 12.1 Å². The molecule has 0 amide bonds. The first-order valence-corrected chi connectivity index (χ1v) is 4.80. The molecule has 72 valence electrons. The van der Waals surface area contributed by atoms with Gasteiger partial charge in [-0.3, -0.25) is 0 Å². The molecule has 0 aromatic heterocycles. The number of nitrogens with two attached hydrogens (primary N) is 1. The van der Waals surface area contributed by atoms with Gasteiger partial charge >= 0.3 is 0 Å². The van der Waals surface area contributed by atoms with Gasteiger partial charge in [0.1, 0.15) is 0 Å². The molecular weight excluding hydrogens is 150 g/mol. The van der Waals surface area contributed by atoms with Crippen molar-refractivity contribution in [2.45, 2.75) is 24.8 Å². The van der Waals surface area contributed by atoms with Crippen molar-refractivity contribution < 1.29 is 0 Å². The number of hydrogen-bond acceptors (Lipinski definition) is 3. The highest BCUT2D eigenvalue weighted by Gasteiger charge is 2.28. The Kier molecular flexibility index (Phi) is 3.50. The van der Waals surface area contributed by atoms with Crippen LogP contribution in [0.3, 0.4) is 0 Å². The number of hydrogen-bond donors (Lipinski definition) is 2. The SMILES string of the molecule is CNC1(CN)CCCN(C)CC1. The summed E-state index contributed by atoms with van der Waals surface area (Å²) in [4.78, 5) is 2.38. The van der Waals surface area contributed by atoms with Crippen LogP contribution in [0.5, 0.6) is 0 Å². The smallest absolute Gasteiger partial charge is 0.0313 e. The Labute approximate surface area is 75.3 Å². The zero-order chi connectivity index (χ0) is 9.03. The molecule has 0 bridgehead atoms. The van der Waals surface area contributed by atoms with Gasteiger partial charge in [-0.05, 0) is 46.4 Å². The van der Waals surface area contributed by atoms with Crippen LogP contribution in [-0.2, 0) is 0 Å². The summed E-state index contributed by atoms with van der Waals surface area (Å²) in [6.45, 7) is 3.14. The summed E-state index contributed by atoms with van der Waals surface area (Å²) in [6.07, 6.45) is 3.65. The molecule has 0 aliphatic carbocycles. The van der Waals surface area contributed by atoms with Gasteiger partial charge in [-0.15, -0.1) is 0 Å². The standard InChI is InChI=1S/C9H21N3/c1-11-9(8-10)4-3-6-12(2)7-5-9/h11H,3-8,10H2,1-2H3. The minimum atomic E-state index is 0.213. The minimum Gasteiger partial charge on any atom is -0.329 e. The highest BCUT2D eigenvalue weighted by molar-refractivity contribution is 4.90. The molecule has 1 atom stereocenters. The van der Waals surface area contributed by atoms with Crippen molar-refractivity contribution in [1.82, 2.24) is 10.2 Å². The van der Waals surface area contributed by atoms with Gasteiger partial charge in [-0.1, -0.05) is 0 Å². The van der Waals surface area contributed by atoms with E-state index in [9.17, 15) is 0 Å². The van der Waals surface area contributed by atoms with Crippen molar-refractivity contribution in [3.8, 4) is 0 Å². The van der Waals surface area contributed by atoms with Crippen LogP contribution in [0, 0.1) is 0 Å². The molecule has 1 aliphatic rings. The molecule has 1 heterocycles. The van der Waals surface area contributed by atoms with Crippen molar-refractivity contribution >= 4 is 0 Å². The summed E-state index contributed by atoms with van der Waals surface area (Å²) in [7, 11) is 4.21. The van der Waals surface area contributed by atoms with E-state index in [4.69, 9.17) is 5.73 Å². The molecule has 0 aromatic rings. The lowest BCUT2D eigenvalue weighted by molar-refractivity contribution is 0.299. The van der Waals surface area contributed by atoms with Crippen LogP contribution in [0.15, 0.2) is 0 Å². The van der Waals surface area contributed by atoms with E-state index in [2.05, 4.69) is 17.3 Å². The largest absolute Gasteiger partial charge is 0.329 e. The highest BCUT2D eigenvalue weighted by Crippen LogP contribution is 2.19. The van der Waals surface area contributed by atoms with E-state index in [1.54, 1.807) is 0 Å². The van der Waals surface area contributed by atoms with Crippen LogP contribution in [0.1, 0.15) is 19.3 Å². The monoisotopic (exact) mass is 171 g/mol. The fourth-order valence-corrected chi connectivity index (χ4v) is 1.89. The van der Waals surface area contributed by atoms with E-state index in [-0.39, 0.29) is 5.54 Å². The van der Waals surface area contributed by atoms with Crippen molar-refractivity contribution in [2.75, 3.05) is 33.7 Å². The van der Waals surface area contributed by atoms with Crippen LogP contribution in [0.4, 0.5) is 0 Å². The van der Waals surface area contributed by atoms with Gasteiger partial charge in [0.15, 0.2) is 0 Å². The van der Waals surface area contributed by atoms with Crippen molar-refractivity contribution in [3.05, 3.63) is 0 Å². The zero-order valence-corrected chi connectivity index (χ0v) is 8.27. The van der Waals surface area contributed by atoms with Crippen LogP contribution < -0.4 is 11.1 Å². The van der Waals surface area contributed by atoms with Crippen molar-refractivity contribution in [2.24, 2.45) is 5.73 Å². The van der Waals surface area contributed by atoms with Crippen LogP contribution in [0.25, 0.3) is 0 Å². The molecule has 0 saturated carbocycles. The van der Waals surface area contributed by atoms with Crippen molar-refractivity contribution in [3.63, 3.8) is 0 Å². The predicted octanol–water partition coefficient (Wildman–Crippen LogP) is 0.0190. The van der Waals surface area contributed by atoms with E-state index in [0.717, 1.165) is 13.1 Å². The van der Waals surface area contributed by atoms with E-state index in [1.165, 1.54) is 25.8 Å². The van der Waals surface area contributed by atoms with Crippen LogP contribution >= 0.6 is 0 Å². The maximum atomic E-state index is 5.78. The lowest BCUT2D eigenvalue weighted by Crippen LogP contribution is -2.49. The number of likely N-dealkylation sites (N-methyl/N-ethyl adjacent to an activating group) is 1. The number of nitrogens with one attached hydrogen (secondary N) is 1. The summed E-state index contributed by atoms with van der Waals surface area (Å²) in [5, 5.41) is 3.38. The molecule has 0 spiro atoms. The van der Waals surface area contributed by atoms with Gasteiger partial charge in [-0.2, -0.15) is 0 Å². The molecule has 3 heteroatoms. The van der Waals surface area contributed by atoms with E-state index < -0.39 is 0 Å². The molecule has 1 rings (SSSR count). The lowest BCUT2D eigenvalue weighted by atomic mass is 9.91. The summed E-state index contributed by atoms with van der Waals surface area (Å²) in [5.41, 5.74) is 6.00. The van der Waals surface area contributed by atoms with Gasteiger partial charge in [0.05, 0.1) is 0 Å². The average Bonchev–Trinajstić information content (AvgIpc) is 2.28. The van der Waals surface area contributed by atoms with E-state index >= 15 is 0 Å². The third kappa shape index (κ3) is 2.19. The third-order valence-electron chi connectivity index (χ3n) is 3.09. The Morgan fingerprint density at radius 2 is 2.17 bits per heavy atom.